The molecule has 39 heavy (non-hydrogen) atoms. The first-order chi connectivity index (χ1) is 19.0. The Morgan fingerprint density at radius 2 is 0.821 bits per heavy atom. The van der Waals surface area contributed by atoms with Gasteiger partial charge in [0, 0.05) is 13.2 Å². The van der Waals surface area contributed by atoms with E-state index in [0.29, 0.717) is 92.4 Å². The molecule has 0 saturated carbocycles. The molecule has 0 fully saturated rings. The van der Waals surface area contributed by atoms with E-state index in [1.165, 1.54) is 44.9 Å². The van der Waals surface area contributed by atoms with Crippen LogP contribution in [-0.4, -0.2) is 111 Å². The Morgan fingerprint density at radius 3 is 1.21 bits per heavy atom. The number of unbranched alkanes of at least 4 members (excludes halogenated alkanes) is 7. The fourth-order valence-corrected chi connectivity index (χ4v) is 3.30. The Bertz CT molecular complexity index is 504. The maximum atomic E-state index is 11.5. The van der Waals surface area contributed by atoms with Crippen LogP contribution in [0.3, 0.4) is 0 Å². The van der Waals surface area contributed by atoms with E-state index in [2.05, 4.69) is 12.2 Å². The molecule has 0 aliphatic rings. The smallest absolute Gasteiger partial charge is 0.407 e. The summed E-state index contributed by atoms with van der Waals surface area (Å²) >= 11 is 0. The predicted octanol–water partition coefficient (Wildman–Crippen LogP) is 4.77. The van der Waals surface area contributed by atoms with Crippen LogP contribution in [0.2, 0.25) is 0 Å². The first kappa shape index (κ1) is 38.0. The summed E-state index contributed by atoms with van der Waals surface area (Å²) in [6.07, 6.45) is 10.1. The second-order valence-corrected chi connectivity index (χ2v) is 10.2. The third-order valence-corrected chi connectivity index (χ3v) is 5.29. The molecule has 1 N–H and O–H groups in total. The summed E-state index contributed by atoms with van der Waals surface area (Å²) in [6.45, 7) is 15.7. The molecule has 0 aromatic carbocycles. The zero-order chi connectivity index (χ0) is 28.7. The van der Waals surface area contributed by atoms with E-state index in [4.69, 9.17) is 37.9 Å². The van der Waals surface area contributed by atoms with Crippen LogP contribution in [0.15, 0.2) is 0 Å². The number of rotatable bonds is 30. The predicted molar refractivity (Wildman–Crippen MR) is 153 cm³/mol. The molecule has 10 heteroatoms. The molecule has 0 spiro atoms. The van der Waals surface area contributed by atoms with Crippen LogP contribution in [0.25, 0.3) is 0 Å². The molecule has 0 radical (unpaired) electrons. The fourth-order valence-electron chi connectivity index (χ4n) is 3.30. The molecular formula is C29H59NO9. The Hall–Kier alpha value is -1.01. The van der Waals surface area contributed by atoms with Gasteiger partial charge in [0.05, 0.1) is 85.9 Å². The molecule has 0 unspecified atom stereocenters. The highest BCUT2D eigenvalue weighted by Gasteiger charge is 2.15. The van der Waals surface area contributed by atoms with Crippen molar-refractivity contribution in [1.82, 2.24) is 5.32 Å². The summed E-state index contributed by atoms with van der Waals surface area (Å²) in [6, 6.07) is 0. The van der Waals surface area contributed by atoms with E-state index in [0.717, 1.165) is 13.0 Å². The first-order valence-electron chi connectivity index (χ1n) is 15.0. The van der Waals surface area contributed by atoms with Gasteiger partial charge in [0.25, 0.3) is 0 Å². The lowest BCUT2D eigenvalue weighted by molar-refractivity contribution is -0.0205. The highest BCUT2D eigenvalue weighted by Crippen LogP contribution is 2.08. The summed E-state index contributed by atoms with van der Waals surface area (Å²) in [5, 5.41) is 2.63. The average molecular weight is 566 g/mol. The molecule has 0 rings (SSSR count). The van der Waals surface area contributed by atoms with E-state index in [-0.39, 0.29) is 0 Å². The van der Waals surface area contributed by atoms with Crippen molar-refractivity contribution in [3.8, 4) is 0 Å². The van der Waals surface area contributed by atoms with Gasteiger partial charge in [0.15, 0.2) is 0 Å². The molecule has 0 aliphatic carbocycles. The van der Waals surface area contributed by atoms with Crippen molar-refractivity contribution in [2.75, 3.05) is 99.0 Å². The van der Waals surface area contributed by atoms with Crippen molar-refractivity contribution >= 4 is 6.09 Å². The lowest BCUT2D eigenvalue weighted by Crippen LogP contribution is -2.34. The van der Waals surface area contributed by atoms with Crippen LogP contribution in [0.1, 0.15) is 79.1 Å². The minimum atomic E-state index is -0.501. The molecule has 234 valence electrons. The number of nitrogens with one attached hydrogen (secondary N) is 1. The van der Waals surface area contributed by atoms with Crippen LogP contribution in [0.5, 0.6) is 0 Å². The maximum Gasteiger partial charge on any atom is 0.407 e. The van der Waals surface area contributed by atoms with Gasteiger partial charge in [0.1, 0.15) is 5.60 Å². The van der Waals surface area contributed by atoms with Crippen LogP contribution >= 0.6 is 0 Å². The monoisotopic (exact) mass is 565 g/mol. The van der Waals surface area contributed by atoms with Gasteiger partial charge < -0.3 is 43.2 Å². The molecule has 0 atom stereocenters. The largest absolute Gasteiger partial charge is 0.444 e. The number of carbonyl (C=O) groups excluding carboxylic acids is 1. The first-order valence-corrected chi connectivity index (χ1v) is 15.0. The van der Waals surface area contributed by atoms with Crippen LogP contribution in [0, 0.1) is 0 Å². The minimum absolute atomic E-state index is 0.395. The Morgan fingerprint density at radius 1 is 0.487 bits per heavy atom. The van der Waals surface area contributed by atoms with Crippen molar-refractivity contribution in [3.05, 3.63) is 0 Å². The van der Waals surface area contributed by atoms with E-state index < -0.39 is 11.7 Å². The zero-order valence-electron chi connectivity index (χ0n) is 25.4. The SMILES string of the molecule is CCCCCCCCCCOCCOCCOCCOCCOCCOCCOCCNC(=O)OC(C)(C)C. The maximum absolute atomic E-state index is 11.5. The zero-order valence-corrected chi connectivity index (χ0v) is 25.4. The van der Waals surface area contributed by atoms with E-state index in [1.807, 2.05) is 20.8 Å². The second kappa shape index (κ2) is 30.0. The quantitative estimate of drug-likeness (QED) is 0.123. The van der Waals surface area contributed by atoms with Crippen LogP contribution < -0.4 is 5.32 Å². The molecule has 0 heterocycles. The van der Waals surface area contributed by atoms with E-state index in [9.17, 15) is 4.79 Å². The number of ether oxygens (including phenoxy) is 8. The third kappa shape index (κ3) is 35.0. The number of carbonyl (C=O) groups is 1. The van der Waals surface area contributed by atoms with Crippen molar-refractivity contribution < 1.29 is 42.7 Å². The Kier molecular flexibility index (Phi) is 29.2. The highest BCUT2D eigenvalue weighted by atomic mass is 16.6. The number of amides is 1. The Balaban J connectivity index is 3.09. The lowest BCUT2D eigenvalue weighted by atomic mass is 10.1. The molecule has 10 nitrogen and oxygen atoms in total. The number of hydrogen-bond acceptors (Lipinski definition) is 9. The summed E-state index contributed by atoms with van der Waals surface area (Å²) in [5.74, 6) is 0. The van der Waals surface area contributed by atoms with Gasteiger partial charge in [-0.1, -0.05) is 51.9 Å². The van der Waals surface area contributed by atoms with Crippen LogP contribution in [0.4, 0.5) is 4.79 Å². The third-order valence-electron chi connectivity index (χ3n) is 5.29. The molecule has 0 saturated heterocycles. The molecule has 1 amide bonds. The highest BCUT2D eigenvalue weighted by molar-refractivity contribution is 5.67. The molecule has 0 aliphatic heterocycles. The van der Waals surface area contributed by atoms with Gasteiger partial charge in [-0.05, 0) is 27.2 Å². The molecular weight excluding hydrogens is 506 g/mol. The van der Waals surface area contributed by atoms with Crippen LogP contribution in [-0.2, 0) is 37.9 Å². The van der Waals surface area contributed by atoms with Crippen molar-refractivity contribution in [2.24, 2.45) is 0 Å². The average Bonchev–Trinajstić information content (AvgIpc) is 2.88. The second-order valence-electron chi connectivity index (χ2n) is 10.2. The Labute approximate surface area is 238 Å². The number of alkyl carbamates (subject to hydrolysis) is 1. The summed E-state index contributed by atoms with van der Waals surface area (Å²) < 4.78 is 43.5. The summed E-state index contributed by atoms with van der Waals surface area (Å²) in [5.41, 5.74) is -0.501. The van der Waals surface area contributed by atoms with Gasteiger partial charge in [-0.2, -0.15) is 0 Å². The van der Waals surface area contributed by atoms with Gasteiger partial charge >= 0.3 is 6.09 Å². The summed E-state index contributed by atoms with van der Waals surface area (Å²) in [4.78, 5) is 11.5. The fraction of sp³-hybridized carbons (Fsp3) is 0.966. The number of hydrogen-bond donors (Lipinski definition) is 1. The van der Waals surface area contributed by atoms with Gasteiger partial charge in [-0.15, -0.1) is 0 Å². The van der Waals surface area contributed by atoms with Gasteiger partial charge in [-0.25, -0.2) is 4.79 Å². The van der Waals surface area contributed by atoms with Gasteiger partial charge in [-0.3, -0.25) is 0 Å². The van der Waals surface area contributed by atoms with Crippen molar-refractivity contribution in [3.63, 3.8) is 0 Å². The van der Waals surface area contributed by atoms with Crippen molar-refractivity contribution in [1.29, 1.82) is 0 Å². The standard InChI is InChI=1S/C29H59NO9/c1-5-6-7-8-9-10-11-12-14-32-16-18-34-20-22-36-24-26-38-27-25-37-23-21-35-19-17-33-15-13-30-28(31)39-29(2,3)4/h5-27H2,1-4H3,(H,30,31). The van der Waals surface area contributed by atoms with Crippen molar-refractivity contribution in [2.45, 2.75) is 84.7 Å². The van der Waals surface area contributed by atoms with E-state index >= 15 is 0 Å². The lowest BCUT2D eigenvalue weighted by Gasteiger charge is -2.19. The minimum Gasteiger partial charge on any atom is -0.444 e. The molecule has 0 aromatic rings. The van der Waals surface area contributed by atoms with Gasteiger partial charge in [0.2, 0.25) is 0 Å². The molecule has 0 aromatic heterocycles. The topological polar surface area (TPSA) is 103 Å². The molecule has 0 bridgehead atoms. The van der Waals surface area contributed by atoms with E-state index in [1.54, 1.807) is 0 Å². The normalized spacial score (nSPS) is 11.7. The summed E-state index contributed by atoms with van der Waals surface area (Å²) in [7, 11) is 0.